The summed E-state index contributed by atoms with van der Waals surface area (Å²) >= 11 is 5.76. The minimum absolute atomic E-state index is 0.00812. The van der Waals surface area contributed by atoms with E-state index in [1.54, 1.807) is 32.0 Å². The summed E-state index contributed by atoms with van der Waals surface area (Å²) in [6, 6.07) is 4.78. The van der Waals surface area contributed by atoms with Gasteiger partial charge in [-0.1, -0.05) is 11.6 Å². The molecule has 1 aromatic carbocycles. The van der Waals surface area contributed by atoms with Crippen LogP contribution in [0, 0.1) is 0 Å². The van der Waals surface area contributed by atoms with E-state index in [9.17, 15) is 13.2 Å². The van der Waals surface area contributed by atoms with Crippen molar-refractivity contribution in [2.45, 2.75) is 31.9 Å². The van der Waals surface area contributed by atoms with Gasteiger partial charge in [0.2, 0.25) is 5.91 Å². The monoisotopic (exact) mass is 318 g/mol. The van der Waals surface area contributed by atoms with E-state index in [2.05, 4.69) is 5.32 Å². The molecule has 0 aliphatic heterocycles. The van der Waals surface area contributed by atoms with Crippen LogP contribution in [0.5, 0.6) is 0 Å². The Morgan fingerprint density at radius 3 is 2.60 bits per heavy atom. The lowest BCUT2D eigenvalue weighted by molar-refractivity contribution is -0.116. The number of rotatable bonds is 6. The van der Waals surface area contributed by atoms with Crippen molar-refractivity contribution in [3.8, 4) is 0 Å². The van der Waals surface area contributed by atoms with Gasteiger partial charge in [-0.05, 0) is 38.5 Å². The lowest BCUT2D eigenvalue weighted by Crippen LogP contribution is -2.20. The number of halogens is 1. The molecular weight excluding hydrogens is 300 g/mol. The summed E-state index contributed by atoms with van der Waals surface area (Å²) in [5, 5.41) is 2.71. The molecule has 5 nitrogen and oxygen atoms in total. The van der Waals surface area contributed by atoms with Crippen molar-refractivity contribution in [3.63, 3.8) is 0 Å². The van der Waals surface area contributed by atoms with Gasteiger partial charge in [0, 0.05) is 11.4 Å². The number of sulfone groups is 1. The molecule has 7 heteroatoms. The molecule has 0 aromatic heterocycles. The Hall–Kier alpha value is -1.27. The molecule has 112 valence electrons. The second-order valence-electron chi connectivity index (χ2n) is 4.80. The van der Waals surface area contributed by atoms with Gasteiger partial charge in [0.15, 0.2) is 9.84 Å². The van der Waals surface area contributed by atoms with Crippen molar-refractivity contribution >= 4 is 38.7 Å². The Morgan fingerprint density at radius 2 is 2.05 bits per heavy atom. The summed E-state index contributed by atoms with van der Waals surface area (Å²) in [5.74, 6) is -0.258. The molecule has 0 bridgehead atoms. The van der Waals surface area contributed by atoms with Crippen LogP contribution in [0.15, 0.2) is 18.2 Å². The average Bonchev–Trinajstić information content (AvgIpc) is 2.32. The number of nitrogens with two attached hydrogens (primary N) is 1. The highest BCUT2D eigenvalue weighted by atomic mass is 35.5. The maximum atomic E-state index is 11.7. The molecule has 0 heterocycles. The number of benzene rings is 1. The first kappa shape index (κ1) is 16.8. The zero-order valence-corrected chi connectivity index (χ0v) is 13.1. The molecule has 1 amide bonds. The third-order valence-electron chi connectivity index (χ3n) is 2.84. The SMILES string of the molecule is CC(C)S(=O)(=O)CCCC(=O)Nc1ccc(Cl)cc1N. The van der Waals surface area contributed by atoms with Gasteiger partial charge in [-0.15, -0.1) is 0 Å². The molecule has 0 atom stereocenters. The normalized spacial score (nSPS) is 11.6. The molecule has 0 spiro atoms. The number of nitrogens with one attached hydrogen (secondary N) is 1. The zero-order chi connectivity index (χ0) is 15.3. The number of amides is 1. The van der Waals surface area contributed by atoms with Crippen molar-refractivity contribution < 1.29 is 13.2 Å². The third kappa shape index (κ3) is 5.02. The van der Waals surface area contributed by atoms with E-state index in [-0.39, 0.29) is 18.1 Å². The second kappa shape index (κ2) is 6.95. The van der Waals surface area contributed by atoms with Gasteiger partial charge < -0.3 is 11.1 Å². The zero-order valence-electron chi connectivity index (χ0n) is 11.5. The van der Waals surface area contributed by atoms with Crippen LogP contribution >= 0.6 is 11.6 Å². The number of hydrogen-bond donors (Lipinski definition) is 2. The van der Waals surface area contributed by atoms with E-state index in [4.69, 9.17) is 17.3 Å². The van der Waals surface area contributed by atoms with Crippen molar-refractivity contribution in [1.29, 1.82) is 0 Å². The summed E-state index contributed by atoms with van der Waals surface area (Å²) < 4.78 is 23.2. The van der Waals surface area contributed by atoms with Crippen LogP contribution in [0.1, 0.15) is 26.7 Å². The van der Waals surface area contributed by atoms with Gasteiger partial charge in [0.25, 0.3) is 0 Å². The smallest absolute Gasteiger partial charge is 0.224 e. The Morgan fingerprint density at radius 1 is 1.40 bits per heavy atom. The summed E-state index contributed by atoms with van der Waals surface area (Å²) in [7, 11) is -3.10. The van der Waals surface area contributed by atoms with E-state index in [0.29, 0.717) is 22.8 Å². The van der Waals surface area contributed by atoms with Crippen molar-refractivity contribution in [3.05, 3.63) is 23.2 Å². The van der Waals surface area contributed by atoms with Crippen LogP contribution in [0.3, 0.4) is 0 Å². The fourth-order valence-corrected chi connectivity index (χ4v) is 2.73. The highest BCUT2D eigenvalue weighted by Gasteiger charge is 2.16. The minimum Gasteiger partial charge on any atom is -0.397 e. The number of nitrogen functional groups attached to an aromatic ring is 1. The molecule has 0 unspecified atom stereocenters. The molecule has 0 radical (unpaired) electrons. The third-order valence-corrected chi connectivity index (χ3v) is 5.37. The van der Waals surface area contributed by atoms with Crippen molar-refractivity contribution in [2.24, 2.45) is 0 Å². The van der Waals surface area contributed by atoms with Crippen LogP contribution in [0.25, 0.3) is 0 Å². The fourth-order valence-electron chi connectivity index (χ4n) is 1.53. The molecule has 0 saturated carbocycles. The van der Waals surface area contributed by atoms with E-state index < -0.39 is 15.1 Å². The second-order valence-corrected chi connectivity index (χ2v) is 7.91. The summed E-state index contributed by atoms with van der Waals surface area (Å²) in [6.45, 7) is 3.26. The molecular formula is C13H19ClN2O3S. The quantitative estimate of drug-likeness (QED) is 0.788. The Kier molecular flexibility index (Phi) is 5.83. The lowest BCUT2D eigenvalue weighted by atomic mass is 10.2. The van der Waals surface area contributed by atoms with Gasteiger partial charge >= 0.3 is 0 Å². The van der Waals surface area contributed by atoms with E-state index in [0.717, 1.165) is 0 Å². The highest BCUT2D eigenvalue weighted by Crippen LogP contribution is 2.22. The Bertz CT molecular complexity index is 585. The molecule has 0 aliphatic rings. The predicted molar refractivity (Wildman–Crippen MR) is 82.7 cm³/mol. The minimum atomic E-state index is -3.10. The van der Waals surface area contributed by atoms with Gasteiger partial charge in [-0.2, -0.15) is 0 Å². The molecule has 1 rings (SSSR count). The average molecular weight is 319 g/mol. The van der Waals surface area contributed by atoms with E-state index in [1.165, 1.54) is 0 Å². The largest absolute Gasteiger partial charge is 0.397 e. The Balaban J connectivity index is 2.49. The van der Waals surface area contributed by atoms with Crippen molar-refractivity contribution in [1.82, 2.24) is 0 Å². The van der Waals surface area contributed by atoms with Gasteiger partial charge in [-0.3, -0.25) is 4.79 Å². The van der Waals surface area contributed by atoms with Crippen LogP contribution in [-0.2, 0) is 14.6 Å². The molecule has 0 saturated heterocycles. The van der Waals surface area contributed by atoms with Crippen LogP contribution < -0.4 is 11.1 Å². The Labute approximate surface area is 124 Å². The van der Waals surface area contributed by atoms with Gasteiger partial charge in [0.05, 0.1) is 22.4 Å². The molecule has 0 fully saturated rings. The molecule has 1 aromatic rings. The van der Waals surface area contributed by atoms with Gasteiger partial charge in [0.1, 0.15) is 0 Å². The molecule has 0 aliphatic carbocycles. The first-order valence-corrected chi connectivity index (χ1v) is 8.38. The standard InChI is InChI=1S/C13H19ClN2O3S/c1-9(2)20(18,19)7-3-4-13(17)16-12-6-5-10(14)8-11(12)15/h5-6,8-9H,3-4,7,15H2,1-2H3,(H,16,17). The van der Waals surface area contributed by atoms with Crippen LogP contribution in [0.2, 0.25) is 5.02 Å². The first-order valence-electron chi connectivity index (χ1n) is 6.29. The van der Waals surface area contributed by atoms with E-state index >= 15 is 0 Å². The fraction of sp³-hybridized carbons (Fsp3) is 0.462. The highest BCUT2D eigenvalue weighted by molar-refractivity contribution is 7.91. The van der Waals surface area contributed by atoms with E-state index in [1.807, 2.05) is 0 Å². The topological polar surface area (TPSA) is 89.3 Å². The number of carbonyl (C=O) groups is 1. The lowest BCUT2D eigenvalue weighted by Gasteiger charge is -2.09. The predicted octanol–water partition coefficient (Wildman–Crippen LogP) is 2.46. The summed E-state index contributed by atoms with van der Waals surface area (Å²) in [6.07, 6.45) is 0.424. The van der Waals surface area contributed by atoms with Crippen LogP contribution in [0.4, 0.5) is 11.4 Å². The molecule has 3 N–H and O–H groups in total. The van der Waals surface area contributed by atoms with Crippen LogP contribution in [-0.4, -0.2) is 25.3 Å². The number of carbonyl (C=O) groups excluding carboxylic acids is 1. The maximum absolute atomic E-state index is 11.7. The summed E-state index contributed by atoms with van der Waals surface area (Å²) in [5.41, 5.74) is 6.57. The molecule has 20 heavy (non-hydrogen) atoms. The van der Waals surface area contributed by atoms with Gasteiger partial charge in [-0.25, -0.2) is 8.42 Å². The first-order chi connectivity index (χ1) is 9.22. The number of anilines is 2. The number of hydrogen-bond acceptors (Lipinski definition) is 4. The summed E-state index contributed by atoms with van der Waals surface area (Å²) in [4.78, 5) is 11.7. The maximum Gasteiger partial charge on any atom is 0.224 e. The van der Waals surface area contributed by atoms with Crippen molar-refractivity contribution in [2.75, 3.05) is 16.8 Å².